The molecule has 0 spiro atoms. The molecule has 0 unspecified atom stereocenters. The van der Waals surface area contributed by atoms with Crippen LogP contribution in [0.25, 0.3) is 21.7 Å². The fourth-order valence-electron chi connectivity index (χ4n) is 2.94. The highest BCUT2D eigenvalue weighted by Crippen LogP contribution is 2.38. The highest BCUT2D eigenvalue weighted by atomic mass is 16.5. The first kappa shape index (κ1) is 15.3. The molecule has 4 aromatic rings. The zero-order valence-corrected chi connectivity index (χ0v) is 14.0. The van der Waals surface area contributed by atoms with E-state index in [4.69, 9.17) is 14.2 Å². The number of fused-ring (bicyclic) bond motifs is 2. The second-order valence-electron chi connectivity index (χ2n) is 5.61. The molecule has 124 valence electrons. The number of rotatable bonds is 4. The molecule has 0 aliphatic carbocycles. The third kappa shape index (κ3) is 2.72. The minimum Gasteiger partial charge on any atom is -0.493 e. The molecule has 0 radical (unpaired) electrons. The Bertz CT molecular complexity index is 1050. The van der Waals surface area contributed by atoms with Gasteiger partial charge in [0.25, 0.3) is 0 Å². The zero-order valence-electron chi connectivity index (χ0n) is 14.0. The number of hydrogen-bond donors (Lipinski definition) is 0. The lowest BCUT2D eigenvalue weighted by Gasteiger charge is -2.13. The van der Waals surface area contributed by atoms with Crippen LogP contribution < -0.4 is 14.2 Å². The fourth-order valence-corrected chi connectivity index (χ4v) is 2.94. The molecule has 0 aliphatic heterocycles. The molecule has 3 aromatic carbocycles. The van der Waals surface area contributed by atoms with Crippen molar-refractivity contribution in [1.29, 1.82) is 0 Å². The number of hydrogen-bond acceptors (Lipinski definition) is 4. The molecule has 0 bridgehead atoms. The predicted octanol–water partition coefficient (Wildman–Crippen LogP) is 5.20. The third-order valence-corrected chi connectivity index (χ3v) is 4.18. The van der Waals surface area contributed by atoms with Gasteiger partial charge >= 0.3 is 0 Å². The molecule has 4 rings (SSSR count). The third-order valence-electron chi connectivity index (χ3n) is 4.18. The molecule has 0 amide bonds. The van der Waals surface area contributed by atoms with Crippen LogP contribution in [-0.4, -0.2) is 19.2 Å². The number of ether oxygens (including phenoxy) is 3. The molecule has 0 saturated carbocycles. The number of nitrogens with zero attached hydrogens (tertiary/aromatic N) is 1. The van der Waals surface area contributed by atoms with Gasteiger partial charge in [-0.25, -0.2) is 0 Å². The summed E-state index contributed by atoms with van der Waals surface area (Å²) in [7, 11) is 3.23. The van der Waals surface area contributed by atoms with Gasteiger partial charge in [-0.15, -0.1) is 0 Å². The Labute approximate surface area is 145 Å². The van der Waals surface area contributed by atoms with E-state index in [0.29, 0.717) is 11.5 Å². The van der Waals surface area contributed by atoms with Crippen molar-refractivity contribution in [2.75, 3.05) is 14.2 Å². The van der Waals surface area contributed by atoms with Crippen molar-refractivity contribution in [2.24, 2.45) is 0 Å². The van der Waals surface area contributed by atoms with E-state index in [1.807, 2.05) is 42.5 Å². The SMILES string of the molecule is COc1cc2nccc(Oc3cccc4ccccc34)c2cc1OC. The Morgan fingerprint density at radius 3 is 2.24 bits per heavy atom. The van der Waals surface area contributed by atoms with Crippen LogP contribution in [0, 0.1) is 0 Å². The van der Waals surface area contributed by atoms with Crippen LogP contribution in [0.3, 0.4) is 0 Å². The van der Waals surface area contributed by atoms with Gasteiger partial charge in [-0.05, 0) is 23.6 Å². The lowest BCUT2D eigenvalue weighted by Crippen LogP contribution is -1.93. The Balaban J connectivity index is 1.86. The summed E-state index contributed by atoms with van der Waals surface area (Å²) in [4.78, 5) is 4.41. The van der Waals surface area contributed by atoms with Crippen molar-refractivity contribution < 1.29 is 14.2 Å². The monoisotopic (exact) mass is 331 g/mol. The van der Waals surface area contributed by atoms with Crippen molar-refractivity contribution in [3.8, 4) is 23.0 Å². The Morgan fingerprint density at radius 2 is 1.40 bits per heavy atom. The molecule has 0 saturated heterocycles. The quantitative estimate of drug-likeness (QED) is 0.515. The van der Waals surface area contributed by atoms with E-state index >= 15 is 0 Å². The number of methoxy groups -OCH3 is 2. The minimum atomic E-state index is 0.643. The van der Waals surface area contributed by atoms with Crippen LogP contribution in [-0.2, 0) is 0 Å². The van der Waals surface area contributed by atoms with E-state index in [1.165, 1.54) is 0 Å². The molecule has 0 fully saturated rings. The highest BCUT2D eigenvalue weighted by molar-refractivity contribution is 5.91. The number of aromatic nitrogens is 1. The Morgan fingerprint density at radius 1 is 0.680 bits per heavy atom. The molecule has 1 aromatic heterocycles. The molecular formula is C21H17NO3. The smallest absolute Gasteiger partial charge is 0.162 e. The van der Waals surface area contributed by atoms with E-state index in [1.54, 1.807) is 20.4 Å². The van der Waals surface area contributed by atoms with Gasteiger partial charge in [-0.3, -0.25) is 4.98 Å². The summed E-state index contributed by atoms with van der Waals surface area (Å²) in [5.41, 5.74) is 0.787. The average Bonchev–Trinajstić information content (AvgIpc) is 2.67. The van der Waals surface area contributed by atoms with Gasteiger partial charge in [0.05, 0.1) is 19.7 Å². The van der Waals surface area contributed by atoms with Gasteiger partial charge in [0, 0.05) is 23.0 Å². The predicted molar refractivity (Wildman–Crippen MR) is 98.9 cm³/mol. The zero-order chi connectivity index (χ0) is 17.2. The highest BCUT2D eigenvalue weighted by Gasteiger charge is 2.12. The first-order valence-electron chi connectivity index (χ1n) is 7.96. The van der Waals surface area contributed by atoms with Gasteiger partial charge in [0.1, 0.15) is 11.5 Å². The van der Waals surface area contributed by atoms with Crippen LogP contribution in [0.1, 0.15) is 0 Å². The lowest BCUT2D eigenvalue weighted by atomic mass is 10.1. The summed E-state index contributed by atoms with van der Waals surface area (Å²) in [5.74, 6) is 2.82. The van der Waals surface area contributed by atoms with Crippen LogP contribution in [0.5, 0.6) is 23.0 Å². The summed E-state index contributed by atoms with van der Waals surface area (Å²) in [5, 5.41) is 3.07. The second kappa shape index (κ2) is 6.32. The van der Waals surface area contributed by atoms with Crippen molar-refractivity contribution in [1.82, 2.24) is 4.98 Å². The van der Waals surface area contributed by atoms with Gasteiger partial charge < -0.3 is 14.2 Å². The molecule has 4 nitrogen and oxygen atoms in total. The summed E-state index contributed by atoms with van der Waals surface area (Å²) < 4.78 is 17.0. The maximum Gasteiger partial charge on any atom is 0.162 e. The molecule has 25 heavy (non-hydrogen) atoms. The van der Waals surface area contributed by atoms with Gasteiger partial charge in [0.2, 0.25) is 0 Å². The normalized spacial score (nSPS) is 10.8. The standard InChI is InChI=1S/C21H17NO3/c1-23-20-12-16-17(13-21(20)24-2)22-11-10-19(16)25-18-9-5-7-14-6-3-4-8-15(14)18/h3-13H,1-2H3. The van der Waals surface area contributed by atoms with E-state index in [-0.39, 0.29) is 0 Å². The molecule has 0 aliphatic rings. The minimum absolute atomic E-state index is 0.643. The van der Waals surface area contributed by atoms with Crippen molar-refractivity contribution in [2.45, 2.75) is 0 Å². The Kier molecular flexibility index (Phi) is 3.86. The van der Waals surface area contributed by atoms with Crippen molar-refractivity contribution >= 4 is 21.7 Å². The molecule has 1 heterocycles. The molecular weight excluding hydrogens is 314 g/mol. The average molecular weight is 331 g/mol. The van der Waals surface area contributed by atoms with Crippen molar-refractivity contribution in [3.63, 3.8) is 0 Å². The van der Waals surface area contributed by atoms with Crippen LogP contribution in [0.4, 0.5) is 0 Å². The summed E-state index contributed by atoms with van der Waals surface area (Å²) >= 11 is 0. The first-order valence-corrected chi connectivity index (χ1v) is 7.96. The lowest BCUT2D eigenvalue weighted by molar-refractivity contribution is 0.355. The molecule has 0 N–H and O–H groups in total. The molecule has 4 heteroatoms. The molecule has 0 atom stereocenters. The summed E-state index contributed by atoms with van der Waals surface area (Å²) in [6, 6.07) is 19.8. The van der Waals surface area contributed by atoms with Crippen LogP contribution in [0.2, 0.25) is 0 Å². The number of pyridine rings is 1. The van der Waals surface area contributed by atoms with Gasteiger partial charge in [-0.1, -0.05) is 36.4 Å². The second-order valence-corrected chi connectivity index (χ2v) is 5.61. The first-order chi connectivity index (χ1) is 12.3. The maximum absolute atomic E-state index is 6.24. The van der Waals surface area contributed by atoms with Gasteiger partial charge in [0.15, 0.2) is 11.5 Å². The van der Waals surface area contributed by atoms with Crippen LogP contribution >= 0.6 is 0 Å². The van der Waals surface area contributed by atoms with Crippen LogP contribution in [0.15, 0.2) is 66.9 Å². The van der Waals surface area contributed by atoms with Gasteiger partial charge in [-0.2, -0.15) is 0 Å². The van der Waals surface area contributed by atoms with E-state index in [0.717, 1.165) is 33.2 Å². The summed E-state index contributed by atoms with van der Waals surface area (Å²) in [6.45, 7) is 0. The topological polar surface area (TPSA) is 40.6 Å². The van der Waals surface area contributed by atoms with Crippen molar-refractivity contribution in [3.05, 3.63) is 66.9 Å². The summed E-state index contributed by atoms with van der Waals surface area (Å²) in [6.07, 6.45) is 1.73. The van der Waals surface area contributed by atoms with E-state index < -0.39 is 0 Å². The maximum atomic E-state index is 6.24. The largest absolute Gasteiger partial charge is 0.493 e. The fraction of sp³-hybridized carbons (Fsp3) is 0.0952. The Hall–Kier alpha value is -3.27. The van der Waals surface area contributed by atoms with E-state index in [2.05, 4.69) is 23.2 Å². The number of benzene rings is 3. The van der Waals surface area contributed by atoms with E-state index in [9.17, 15) is 0 Å².